The van der Waals surface area contributed by atoms with Gasteiger partial charge in [-0.3, -0.25) is 4.79 Å². The smallest absolute Gasteiger partial charge is 0.177 e. The quantitative estimate of drug-likeness (QED) is 0.786. The van der Waals surface area contributed by atoms with Gasteiger partial charge >= 0.3 is 0 Å². The van der Waals surface area contributed by atoms with Gasteiger partial charge in [-0.15, -0.1) is 22.7 Å². The van der Waals surface area contributed by atoms with E-state index in [1.807, 2.05) is 26.2 Å². The maximum atomic E-state index is 11.9. The number of thiazole rings is 2. The molecule has 84 valence electrons. The predicted molar refractivity (Wildman–Crippen MR) is 67.1 cm³/mol. The maximum absolute atomic E-state index is 11.9. The van der Waals surface area contributed by atoms with E-state index in [1.54, 1.807) is 17.5 Å². The second-order valence-corrected chi connectivity index (χ2v) is 5.68. The van der Waals surface area contributed by atoms with Crippen molar-refractivity contribution in [1.29, 1.82) is 0 Å². The first-order chi connectivity index (χ1) is 7.59. The lowest BCUT2D eigenvalue weighted by atomic mass is 10.1. The first-order valence-electron chi connectivity index (χ1n) is 5.01. The molecule has 16 heavy (non-hydrogen) atoms. The molecular formula is C11H12N2OS2. The summed E-state index contributed by atoms with van der Waals surface area (Å²) in [5, 5.41) is 3.64. The number of nitrogens with zero attached hydrogens (tertiary/aromatic N) is 2. The summed E-state index contributed by atoms with van der Waals surface area (Å²) in [6.07, 6.45) is 1.75. The van der Waals surface area contributed by atoms with Crippen molar-refractivity contribution in [3.63, 3.8) is 0 Å². The lowest BCUT2D eigenvalue weighted by molar-refractivity contribution is 0.0942. The van der Waals surface area contributed by atoms with Gasteiger partial charge in [-0.2, -0.15) is 0 Å². The zero-order valence-electron chi connectivity index (χ0n) is 9.35. The number of rotatable bonds is 3. The van der Waals surface area contributed by atoms with Crippen LogP contribution in [0.15, 0.2) is 11.6 Å². The second-order valence-electron chi connectivity index (χ2n) is 3.79. The Kier molecular flexibility index (Phi) is 3.16. The molecular weight excluding hydrogens is 240 g/mol. The van der Waals surface area contributed by atoms with Gasteiger partial charge in [0.25, 0.3) is 0 Å². The van der Waals surface area contributed by atoms with Crippen molar-refractivity contribution >= 4 is 28.5 Å². The number of hydrogen-bond acceptors (Lipinski definition) is 5. The van der Waals surface area contributed by atoms with Crippen molar-refractivity contribution in [1.82, 2.24) is 9.97 Å². The molecule has 5 heteroatoms. The standard InChI is InChI=1S/C11H12N2OS2/c1-6(2)8(14)9-7(3)13-11(16-9)10-12-4-5-15-10/h4-6H,1-3H3. The Bertz CT molecular complexity index is 500. The van der Waals surface area contributed by atoms with Crippen molar-refractivity contribution in [3.05, 3.63) is 22.1 Å². The Balaban J connectivity index is 2.40. The third-order valence-corrected chi connectivity index (χ3v) is 4.25. The summed E-state index contributed by atoms with van der Waals surface area (Å²) in [7, 11) is 0. The monoisotopic (exact) mass is 252 g/mol. The normalized spacial score (nSPS) is 11.0. The average Bonchev–Trinajstić information content (AvgIpc) is 2.84. The van der Waals surface area contributed by atoms with Gasteiger partial charge in [-0.05, 0) is 6.92 Å². The fourth-order valence-electron chi connectivity index (χ4n) is 1.31. The Morgan fingerprint density at radius 1 is 1.38 bits per heavy atom. The molecule has 2 rings (SSSR count). The molecule has 0 saturated heterocycles. The molecule has 0 aliphatic carbocycles. The van der Waals surface area contributed by atoms with Crippen molar-refractivity contribution in [3.8, 4) is 10.0 Å². The minimum atomic E-state index is 0.0169. The van der Waals surface area contributed by atoms with E-state index < -0.39 is 0 Å². The number of hydrogen-bond donors (Lipinski definition) is 0. The molecule has 0 spiro atoms. The van der Waals surface area contributed by atoms with Gasteiger partial charge in [-0.25, -0.2) is 9.97 Å². The van der Waals surface area contributed by atoms with Gasteiger partial charge in [-0.1, -0.05) is 13.8 Å². The van der Waals surface area contributed by atoms with E-state index in [4.69, 9.17) is 0 Å². The van der Waals surface area contributed by atoms with Crippen LogP contribution < -0.4 is 0 Å². The summed E-state index contributed by atoms with van der Waals surface area (Å²) in [6.45, 7) is 5.69. The molecule has 2 aromatic rings. The van der Waals surface area contributed by atoms with Crippen LogP contribution in [0.25, 0.3) is 10.0 Å². The van der Waals surface area contributed by atoms with Crippen LogP contribution in [-0.2, 0) is 0 Å². The number of aromatic nitrogens is 2. The Morgan fingerprint density at radius 3 is 2.69 bits per heavy atom. The number of carbonyl (C=O) groups excluding carboxylic acids is 1. The second kappa shape index (κ2) is 4.43. The van der Waals surface area contributed by atoms with Crippen molar-refractivity contribution in [2.24, 2.45) is 5.92 Å². The van der Waals surface area contributed by atoms with Crippen LogP contribution in [0.1, 0.15) is 29.2 Å². The lowest BCUT2D eigenvalue weighted by Gasteiger charge is -2.00. The molecule has 0 unspecified atom stereocenters. The minimum Gasteiger partial charge on any atom is -0.293 e. The first-order valence-corrected chi connectivity index (χ1v) is 6.70. The van der Waals surface area contributed by atoms with Gasteiger partial charge in [0.2, 0.25) is 0 Å². The number of ketones is 1. The van der Waals surface area contributed by atoms with Crippen LogP contribution in [-0.4, -0.2) is 15.8 Å². The van der Waals surface area contributed by atoms with E-state index >= 15 is 0 Å². The molecule has 0 bridgehead atoms. The van der Waals surface area contributed by atoms with E-state index in [0.29, 0.717) is 0 Å². The summed E-state index contributed by atoms with van der Waals surface area (Å²) in [4.78, 5) is 21.3. The molecule has 0 aromatic carbocycles. The van der Waals surface area contributed by atoms with E-state index in [2.05, 4.69) is 9.97 Å². The van der Waals surface area contributed by atoms with Gasteiger partial charge in [0.1, 0.15) is 0 Å². The SMILES string of the molecule is Cc1nc(-c2nccs2)sc1C(=O)C(C)C. The molecule has 0 saturated carbocycles. The van der Waals surface area contributed by atoms with E-state index in [9.17, 15) is 4.79 Å². The molecule has 0 N–H and O–H groups in total. The van der Waals surface area contributed by atoms with Crippen LogP contribution in [0.3, 0.4) is 0 Å². The predicted octanol–water partition coefficient (Wildman–Crippen LogP) is 3.41. The Morgan fingerprint density at radius 2 is 2.12 bits per heavy atom. The zero-order chi connectivity index (χ0) is 11.7. The third kappa shape index (κ3) is 2.05. The molecule has 0 atom stereocenters. The third-order valence-electron chi connectivity index (χ3n) is 2.16. The molecule has 0 fully saturated rings. The number of aryl methyl sites for hydroxylation is 1. The van der Waals surface area contributed by atoms with E-state index in [0.717, 1.165) is 20.6 Å². The number of carbonyl (C=O) groups is 1. The zero-order valence-corrected chi connectivity index (χ0v) is 11.0. The first kappa shape index (κ1) is 11.4. The van der Waals surface area contributed by atoms with Gasteiger partial charge in [0, 0.05) is 17.5 Å². The highest BCUT2D eigenvalue weighted by atomic mass is 32.1. The Hall–Kier alpha value is -1.07. The molecule has 0 aliphatic heterocycles. The van der Waals surface area contributed by atoms with Crippen LogP contribution >= 0.6 is 22.7 Å². The molecule has 3 nitrogen and oxygen atoms in total. The Labute approximate surface area is 102 Å². The fourth-order valence-corrected chi connectivity index (χ4v) is 3.14. The number of Topliss-reactive ketones (excluding diaryl/α,β-unsaturated/α-hetero) is 1. The van der Waals surface area contributed by atoms with Crippen LogP contribution in [0.4, 0.5) is 0 Å². The summed E-state index contributed by atoms with van der Waals surface area (Å²) in [5.74, 6) is 0.182. The van der Waals surface area contributed by atoms with Crippen molar-refractivity contribution in [2.45, 2.75) is 20.8 Å². The van der Waals surface area contributed by atoms with Crippen LogP contribution in [0, 0.1) is 12.8 Å². The average molecular weight is 252 g/mol. The summed E-state index contributed by atoms with van der Waals surface area (Å²) in [5.41, 5.74) is 0.814. The fraction of sp³-hybridized carbons (Fsp3) is 0.364. The minimum absolute atomic E-state index is 0.0169. The van der Waals surface area contributed by atoms with Gasteiger partial charge in [0.15, 0.2) is 15.8 Å². The van der Waals surface area contributed by atoms with Crippen LogP contribution in [0.2, 0.25) is 0 Å². The highest BCUT2D eigenvalue weighted by molar-refractivity contribution is 7.21. The highest BCUT2D eigenvalue weighted by Gasteiger charge is 2.19. The van der Waals surface area contributed by atoms with Gasteiger partial charge in [0.05, 0.1) is 10.6 Å². The lowest BCUT2D eigenvalue weighted by Crippen LogP contribution is -2.06. The summed E-state index contributed by atoms with van der Waals surface area (Å²) >= 11 is 2.98. The maximum Gasteiger partial charge on any atom is 0.177 e. The van der Waals surface area contributed by atoms with Crippen molar-refractivity contribution in [2.75, 3.05) is 0 Å². The van der Waals surface area contributed by atoms with E-state index in [1.165, 1.54) is 11.3 Å². The molecule has 0 aliphatic rings. The largest absolute Gasteiger partial charge is 0.293 e. The molecule has 0 amide bonds. The topological polar surface area (TPSA) is 42.9 Å². The molecule has 0 radical (unpaired) electrons. The molecule has 2 heterocycles. The van der Waals surface area contributed by atoms with Crippen LogP contribution in [0.5, 0.6) is 0 Å². The summed E-state index contributed by atoms with van der Waals surface area (Å²) < 4.78 is 0. The molecule has 2 aromatic heterocycles. The summed E-state index contributed by atoms with van der Waals surface area (Å²) in [6, 6.07) is 0. The highest BCUT2D eigenvalue weighted by Crippen LogP contribution is 2.30. The van der Waals surface area contributed by atoms with Gasteiger partial charge < -0.3 is 0 Å². The van der Waals surface area contributed by atoms with Crippen molar-refractivity contribution < 1.29 is 4.79 Å². The van der Waals surface area contributed by atoms with E-state index in [-0.39, 0.29) is 11.7 Å².